The van der Waals surface area contributed by atoms with Gasteiger partial charge >= 0.3 is 11.9 Å². The van der Waals surface area contributed by atoms with Crippen molar-refractivity contribution < 1.29 is 23.9 Å². The molecule has 0 atom stereocenters. The van der Waals surface area contributed by atoms with Crippen LogP contribution in [0.1, 0.15) is 16.8 Å². The molecule has 0 aliphatic carbocycles. The first-order chi connectivity index (χ1) is 9.97. The van der Waals surface area contributed by atoms with Gasteiger partial charge in [0.2, 0.25) is 0 Å². The van der Waals surface area contributed by atoms with Gasteiger partial charge in [-0.1, -0.05) is 15.9 Å². The number of methoxy groups -OCH3 is 2. The molecule has 0 N–H and O–H groups in total. The van der Waals surface area contributed by atoms with E-state index >= 15 is 0 Å². The lowest BCUT2D eigenvalue weighted by Crippen LogP contribution is -2.37. The van der Waals surface area contributed by atoms with Crippen LogP contribution in [-0.2, 0) is 19.1 Å². The number of halogens is 1. The van der Waals surface area contributed by atoms with E-state index < -0.39 is 11.9 Å². The summed E-state index contributed by atoms with van der Waals surface area (Å²) in [7, 11) is 2.51. The van der Waals surface area contributed by atoms with Gasteiger partial charge in [0.05, 0.1) is 20.6 Å². The summed E-state index contributed by atoms with van der Waals surface area (Å²) in [5.74, 6) is -1.35. The predicted octanol–water partition coefficient (Wildman–Crippen LogP) is 1.63. The molecule has 0 saturated heterocycles. The first kappa shape index (κ1) is 17.2. The molecule has 0 bridgehead atoms. The maximum atomic E-state index is 12.4. The molecule has 0 aliphatic rings. The number of amides is 1. The van der Waals surface area contributed by atoms with Crippen LogP contribution in [0.4, 0.5) is 0 Å². The van der Waals surface area contributed by atoms with Crippen LogP contribution >= 0.6 is 15.9 Å². The summed E-state index contributed by atoms with van der Waals surface area (Å²) in [5, 5.41) is 0. The monoisotopic (exact) mass is 357 g/mol. The van der Waals surface area contributed by atoms with Crippen LogP contribution in [0.15, 0.2) is 28.7 Å². The number of hydrogen-bond donors (Lipinski definition) is 0. The molecule has 1 aromatic carbocycles. The van der Waals surface area contributed by atoms with Gasteiger partial charge in [0, 0.05) is 16.6 Å². The van der Waals surface area contributed by atoms with Gasteiger partial charge in [-0.15, -0.1) is 0 Å². The minimum absolute atomic E-state index is 0.00968. The summed E-state index contributed by atoms with van der Waals surface area (Å²) in [5.41, 5.74) is 0.423. The lowest BCUT2D eigenvalue weighted by molar-refractivity contribution is -0.143. The number of nitrogens with zero attached hydrogens (tertiary/aromatic N) is 1. The zero-order valence-electron chi connectivity index (χ0n) is 11.8. The molecule has 1 rings (SSSR count). The summed E-state index contributed by atoms with van der Waals surface area (Å²) in [6.45, 7) is -0.140. The molecule has 0 spiro atoms. The van der Waals surface area contributed by atoms with E-state index in [1.807, 2.05) is 0 Å². The van der Waals surface area contributed by atoms with E-state index in [4.69, 9.17) is 0 Å². The fourth-order valence-corrected chi connectivity index (χ4v) is 1.84. The van der Waals surface area contributed by atoms with Gasteiger partial charge in [-0.3, -0.25) is 14.4 Å². The highest BCUT2D eigenvalue weighted by atomic mass is 79.9. The Morgan fingerprint density at radius 1 is 1.05 bits per heavy atom. The SMILES string of the molecule is COC(=O)CCN(CC(=O)OC)C(=O)c1ccc(Br)cc1. The van der Waals surface area contributed by atoms with Crippen molar-refractivity contribution in [3.05, 3.63) is 34.3 Å². The smallest absolute Gasteiger partial charge is 0.325 e. The van der Waals surface area contributed by atoms with Crippen molar-refractivity contribution in [2.45, 2.75) is 6.42 Å². The Morgan fingerprint density at radius 3 is 2.14 bits per heavy atom. The fraction of sp³-hybridized carbons (Fsp3) is 0.357. The van der Waals surface area contributed by atoms with Gasteiger partial charge in [0.15, 0.2) is 0 Å². The van der Waals surface area contributed by atoms with E-state index in [0.29, 0.717) is 5.56 Å². The van der Waals surface area contributed by atoms with Gasteiger partial charge in [-0.2, -0.15) is 0 Å². The molecule has 6 nitrogen and oxygen atoms in total. The average molecular weight is 358 g/mol. The molecular formula is C14H16BrNO5. The zero-order valence-corrected chi connectivity index (χ0v) is 13.4. The second-order valence-corrected chi connectivity index (χ2v) is 5.05. The molecule has 1 amide bonds. The van der Waals surface area contributed by atoms with Crippen molar-refractivity contribution in [3.63, 3.8) is 0 Å². The van der Waals surface area contributed by atoms with Crippen LogP contribution in [0, 0.1) is 0 Å². The number of esters is 2. The third kappa shape index (κ3) is 5.55. The molecular weight excluding hydrogens is 342 g/mol. The quantitative estimate of drug-likeness (QED) is 0.723. The van der Waals surface area contributed by atoms with Crippen LogP contribution in [0.2, 0.25) is 0 Å². The molecule has 0 aliphatic heterocycles. The Hall–Kier alpha value is -1.89. The molecule has 21 heavy (non-hydrogen) atoms. The highest BCUT2D eigenvalue weighted by Gasteiger charge is 2.20. The molecule has 0 fully saturated rings. The molecule has 1 aromatic rings. The Balaban J connectivity index is 2.83. The second-order valence-electron chi connectivity index (χ2n) is 4.14. The van der Waals surface area contributed by atoms with Crippen molar-refractivity contribution in [2.24, 2.45) is 0 Å². The van der Waals surface area contributed by atoms with Crippen LogP contribution < -0.4 is 0 Å². The van der Waals surface area contributed by atoms with Gasteiger partial charge in [-0.05, 0) is 24.3 Å². The van der Waals surface area contributed by atoms with Crippen LogP contribution in [0.5, 0.6) is 0 Å². The molecule has 0 radical (unpaired) electrons. The number of carbonyl (C=O) groups excluding carboxylic acids is 3. The highest BCUT2D eigenvalue weighted by molar-refractivity contribution is 9.10. The number of benzene rings is 1. The summed E-state index contributed by atoms with van der Waals surface area (Å²) < 4.78 is 9.94. The first-order valence-corrected chi connectivity index (χ1v) is 6.95. The summed E-state index contributed by atoms with van der Waals surface area (Å²) in [6, 6.07) is 6.72. The van der Waals surface area contributed by atoms with Crippen LogP contribution in [0.25, 0.3) is 0 Å². The topological polar surface area (TPSA) is 72.9 Å². The van der Waals surface area contributed by atoms with Crippen molar-refractivity contribution in [1.29, 1.82) is 0 Å². The zero-order chi connectivity index (χ0) is 15.8. The largest absolute Gasteiger partial charge is 0.469 e. The minimum atomic E-state index is -0.551. The van der Waals surface area contributed by atoms with Crippen molar-refractivity contribution in [2.75, 3.05) is 27.3 Å². The fourth-order valence-electron chi connectivity index (χ4n) is 1.58. The molecule has 7 heteroatoms. The lowest BCUT2D eigenvalue weighted by atomic mass is 10.2. The molecule has 0 aromatic heterocycles. The van der Waals surface area contributed by atoms with E-state index in [1.54, 1.807) is 24.3 Å². The summed E-state index contributed by atoms with van der Waals surface area (Å²) >= 11 is 3.28. The van der Waals surface area contributed by atoms with Crippen molar-refractivity contribution in [3.8, 4) is 0 Å². The number of carbonyl (C=O) groups is 3. The van der Waals surface area contributed by atoms with E-state index in [0.717, 1.165) is 4.47 Å². The lowest BCUT2D eigenvalue weighted by Gasteiger charge is -2.21. The Kier molecular flexibility index (Phi) is 6.87. The number of hydrogen-bond acceptors (Lipinski definition) is 5. The normalized spacial score (nSPS) is 9.86. The Bertz CT molecular complexity index is 515. The molecule has 114 valence electrons. The number of ether oxygens (including phenoxy) is 2. The first-order valence-electron chi connectivity index (χ1n) is 6.16. The van der Waals surface area contributed by atoms with Crippen LogP contribution in [-0.4, -0.2) is 50.1 Å². The third-order valence-corrected chi connectivity index (χ3v) is 3.27. The van der Waals surface area contributed by atoms with Gasteiger partial charge in [-0.25, -0.2) is 0 Å². The highest BCUT2D eigenvalue weighted by Crippen LogP contribution is 2.12. The maximum Gasteiger partial charge on any atom is 0.325 e. The van der Waals surface area contributed by atoms with Gasteiger partial charge in [0.1, 0.15) is 6.54 Å². The van der Waals surface area contributed by atoms with E-state index in [-0.39, 0.29) is 25.4 Å². The third-order valence-electron chi connectivity index (χ3n) is 2.74. The van der Waals surface area contributed by atoms with Crippen molar-refractivity contribution >= 4 is 33.8 Å². The Labute approximate surface area is 131 Å². The minimum Gasteiger partial charge on any atom is -0.469 e. The van der Waals surface area contributed by atoms with E-state index in [2.05, 4.69) is 25.4 Å². The second kappa shape index (κ2) is 8.41. The standard InChI is InChI=1S/C14H16BrNO5/c1-20-12(17)7-8-16(9-13(18)21-2)14(19)10-3-5-11(15)6-4-10/h3-6H,7-9H2,1-2H3. The summed E-state index contributed by atoms with van der Waals surface area (Å²) in [6.07, 6.45) is 0.00968. The Morgan fingerprint density at radius 2 is 1.62 bits per heavy atom. The van der Waals surface area contributed by atoms with Crippen LogP contribution in [0.3, 0.4) is 0 Å². The molecule has 0 unspecified atom stereocenters. The van der Waals surface area contributed by atoms with Gasteiger partial charge in [0.25, 0.3) is 5.91 Å². The van der Waals surface area contributed by atoms with Crippen molar-refractivity contribution in [1.82, 2.24) is 4.90 Å². The number of rotatable bonds is 6. The average Bonchev–Trinajstić information content (AvgIpc) is 2.50. The molecule has 0 heterocycles. The molecule has 0 saturated carbocycles. The van der Waals surface area contributed by atoms with E-state index in [9.17, 15) is 14.4 Å². The van der Waals surface area contributed by atoms with E-state index in [1.165, 1.54) is 19.1 Å². The maximum absolute atomic E-state index is 12.4. The predicted molar refractivity (Wildman–Crippen MR) is 78.7 cm³/mol. The summed E-state index contributed by atoms with van der Waals surface area (Å²) in [4.78, 5) is 36.2. The van der Waals surface area contributed by atoms with Gasteiger partial charge < -0.3 is 14.4 Å².